The van der Waals surface area contributed by atoms with Crippen LogP contribution in [-0.4, -0.2) is 57.2 Å². The highest BCUT2D eigenvalue weighted by Crippen LogP contribution is 2.15. The van der Waals surface area contributed by atoms with E-state index < -0.39 is 0 Å². The van der Waals surface area contributed by atoms with E-state index in [0.29, 0.717) is 19.7 Å². The number of para-hydroxylation sites is 1. The highest BCUT2D eigenvalue weighted by atomic mass is 16.5. The molecule has 1 aliphatic rings. The largest absolute Gasteiger partial charge is 0.492 e. The molecular weight excluding hydrogens is 292 g/mol. The SMILES string of the molecule is CNC.N#C[C@@H]1CCCN1C(=O)CNCCOc1ccccc1. The van der Waals surface area contributed by atoms with Crippen LogP contribution in [0.5, 0.6) is 5.75 Å². The molecule has 6 nitrogen and oxygen atoms in total. The molecule has 1 heterocycles. The highest BCUT2D eigenvalue weighted by Gasteiger charge is 2.27. The van der Waals surface area contributed by atoms with Gasteiger partial charge in [-0.1, -0.05) is 18.2 Å². The second-order valence-electron chi connectivity index (χ2n) is 5.21. The smallest absolute Gasteiger partial charge is 0.237 e. The van der Waals surface area contributed by atoms with E-state index in [1.54, 1.807) is 4.90 Å². The second kappa shape index (κ2) is 11.5. The standard InChI is InChI=1S/C15H19N3O2.C2H7N/c16-11-13-5-4-9-18(13)15(19)12-17-8-10-20-14-6-2-1-3-7-14;1-3-2/h1-3,6-7,13,17H,4-5,8-10,12H2;3H,1-2H3/t13-;/m0./s1. The Kier molecular flexibility index (Phi) is 9.45. The number of nitriles is 1. The molecule has 1 aliphatic heterocycles. The quantitative estimate of drug-likeness (QED) is 0.765. The van der Waals surface area contributed by atoms with Crippen molar-refractivity contribution in [2.24, 2.45) is 0 Å². The second-order valence-corrected chi connectivity index (χ2v) is 5.21. The lowest BCUT2D eigenvalue weighted by Gasteiger charge is -2.19. The van der Waals surface area contributed by atoms with Gasteiger partial charge in [0.25, 0.3) is 0 Å². The summed E-state index contributed by atoms with van der Waals surface area (Å²) in [7, 11) is 3.75. The fraction of sp³-hybridized carbons (Fsp3) is 0.529. The van der Waals surface area contributed by atoms with Gasteiger partial charge >= 0.3 is 0 Å². The van der Waals surface area contributed by atoms with Crippen LogP contribution in [0.4, 0.5) is 0 Å². The maximum absolute atomic E-state index is 11.9. The van der Waals surface area contributed by atoms with Gasteiger partial charge in [-0.15, -0.1) is 0 Å². The number of carbonyl (C=O) groups is 1. The number of benzene rings is 1. The zero-order valence-electron chi connectivity index (χ0n) is 13.9. The lowest BCUT2D eigenvalue weighted by Crippen LogP contribution is -2.41. The molecule has 0 unspecified atom stereocenters. The Bertz CT molecular complexity index is 487. The van der Waals surface area contributed by atoms with Gasteiger partial charge in [0, 0.05) is 13.1 Å². The molecule has 6 heteroatoms. The summed E-state index contributed by atoms with van der Waals surface area (Å²) >= 11 is 0. The molecule has 1 saturated heterocycles. The minimum Gasteiger partial charge on any atom is -0.492 e. The first-order valence-corrected chi connectivity index (χ1v) is 7.89. The van der Waals surface area contributed by atoms with Crippen molar-refractivity contribution in [2.75, 3.05) is 40.3 Å². The number of carbonyl (C=O) groups excluding carboxylic acids is 1. The third-order valence-electron chi connectivity index (χ3n) is 3.29. The number of amides is 1. The highest BCUT2D eigenvalue weighted by molar-refractivity contribution is 5.79. The van der Waals surface area contributed by atoms with E-state index >= 15 is 0 Å². The monoisotopic (exact) mass is 318 g/mol. The molecule has 1 fully saturated rings. The van der Waals surface area contributed by atoms with Gasteiger partial charge in [0.2, 0.25) is 5.91 Å². The van der Waals surface area contributed by atoms with E-state index in [0.717, 1.165) is 18.6 Å². The van der Waals surface area contributed by atoms with Gasteiger partial charge in [0.1, 0.15) is 18.4 Å². The lowest BCUT2D eigenvalue weighted by molar-refractivity contribution is -0.130. The van der Waals surface area contributed by atoms with Crippen LogP contribution >= 0.6 is 0 Å². The van der Waals surface area contributed by atoms with Crippen molar-refractivity contribution in [3.63, 3.8) is 0 Å². The van der Waals surface area contributed by atoms with Crippen molar-refractivity contribution in [3.05, 3.63) is 30.3 Å². The first-order valence-electron chi connectivity index (χ1n) is 7.89. The summed E-state index contributed by atoms with van der Waals surface area (Å²) in [6.07, 6.45) is 1.71. The lowest BCUT2D eigenvalue weighted by atomic mass is 10.2. The van der Waals surface area contributed by atoms with Crippen LogP contribution in [-0.2, 0) is 4.79 Å². The summed E-state index contributed by atoms with van der Waals surface area (Å²) < 4.78 is 5.52. The van der Waals surface area contributed by atoms with Crippen molar-refractivity contribution in [3.8, 4) is 11.8 Å². The van der Waals surface area contributed by atoms with Crippen LogP contribution in [0.1, 0.15) is 12.8 Å². The van der Waals surface area contributed by atoms with Crippen molar-refractivity contribution in [2.45, 2.75) is 18.9 Å². The topological polar surface area (TPSA) is 77.4 Å². The van der Waals surface area contributed by atoms with E-state index in [1.165, 1.54) is 0 Å². The summed E-state index contributed by atoms with van der Waals surface area (Å²) in [4.78, 5) is 13.6. The summed E-state index contributed by atoms with van der Waals surface area (Å²) in [6, 6.07) is 11.5. The van der Waals surface area contributed by atoms with Gasteiger partial charge in [-0.25, -0.2) is 0 Å². The minimum atomic E-state index is -0.245. The summed E-state index contributed by atoms with van der Waals surface area (Å²) in [5.74, 6) is 0.818. The number of hydrogen-bond acceptors (Lipinski definition) is 5. The molecule has 0 aromatic heterocycles. The molecule has 0 saturated carbocycles. The van der Waals surface area contributed by atoms with E-state index in [9.17, 15) is 4.79 Å². The number of ether oxygens (including phenoxy) is 1. The minimum absolute atomic E-state index is 0.00578. The molecule has 2 N–H and O–H groups in total. The Morgan fingerprint density at radius 2 is 2.09 bits per heavy atom. The Hall–Kier alpha value is -2.10. The molecule has 1 aromatic carbocycles. The van der Waals surface area contributed by atoms with Gasteiger partial charge in [0.05, 0.1) is 12.6 Å². The van der Waals surface area contributed by atoms with Crippen LogP contribution in [0.3, 0.4) is 0 Å². The van der Waals surface area contributed by atoms with E-state index in [1.807, 2.05) is 44.4 Å². The zero-order valence-corrected chi connectivity index (χ0v) is 13.9. The first kappa shape index (κ1) is 18.9. The molecular formula is C17H26N4O2. The average Bonchev–Trinajstić information content (AvgIpc) is 3.05. The molecule has 1 amide bonds. The summed E-state index contributed by atoms with van der Waals surface area (Å²) in [6.45, 7) is 2.07. The fourth-order valence-electron chi connectivity index (χ4n) is 2.25. The van der Waals surface area contributed by atoms with E-state index in [4.69, 9.17) is 10.00 Å². The van der Waals surface area contributed by atoms with Crippen molar-refractivity contribution in [1.82, 2.24) is 15.5 Å². The molecule has 126 valence electrons. The van der Waals surface area contributed by atoms with Crippen LogP contribution < -0.4 is 15.4 Å². The van der Waals surface area contributed by atoms with Crippen LogP contribution in [0.2, 0.25) is 0 Å². The number of nitrogens with one attached hydrogen (secondary N) is 2. The Morgan fingerprint density at radius 3 is 2.74 bits per heavy atom. The maximum atomic E-state index is 11.9. The molecule has 1 aromatic rings. The third-order valence-corrected chi connectivity index (χ3v) is 3.29. The number of nitrogens with zero attached hydrogens (tertiary/aromatic N) is 2. The van der Waals surface area contributed by atoms with Crippen LogP contribution in [0, 0.1) is 11.3 Å². The number of likely N-dealkylation sites (tertiary alicyclic amines) is 1. The predicted octanol–water partition coefficient (Wildman–Crippen LogP) is 1.01. The van der Waals surface area contributed by atoms with Crippen molar-refractivity contribution < 1.29 is 9.53 Å². The van der Waals surface area contributed by atoms with Gasteiger partial charge < -0.3 is 20.3 Å². The van der Waals surface area contributed by atoms with Crippen molar-refractivity contribution in [1.29, 1.82) is 5.26 Å². The molecule has 0 spiro atoms. The normalized spacial score (nSPS) is 16.2. The maximum Gasteiger partial charge on any atom is 0.237 e. The summed E-state index contributed by atoms with van der Waals surface area (Å²) in [5.41, 5.74) is 0. The fourth-order valence-corrected chi connectivity index (χ4v) is 2.25. The molecule has 0 aliphatic carbocycles. The van der Waals surface area contributed by atoms with Crippen LogP contribution in [0.25, 0.3) is 0 Å². The van der Waals surface area contributed by atoms with E-state index in [-0.39, 0.29) is 18.5 Å². The Labute approximate surface area is 138 Å². The number of hydrogen-bond donors (Lipinski definition) is 2. The van der Waals surface area contributed by atoms with Gasteiger partial charge in [-0.3, -0.25) is 4.79 Å². The summed E-state index contributed by atoms with van der Waals surface area (Å²) in [5, 5.41) is 14.7. The molecule has 1 atom stereocenters. The van der Waals surface area contributed by atoms with Crippen molar-refractivity contribution >= 4 is 5.91 Å². The molecule has 23 heavy (non-hydrogen) atoms. The average molecular weight is 318 g/mol. The van der Waals surface area contributed by atoms with Crippen LogP contribution in [0.15, 0.2) is 30.3 Å². The van der Waals surface area contributed by atoms with Gasteiger partial charge in [-0.05, 0) is 39.1 Å². The Balaban J connectivity index is 0.000000816. The predicted molar refractivity (Wildman–Crippen MR) is 90.1 cm³/mol. The Morgan fingerprint density at radius 1 is 1.39 bits per heavy atom. The molecule has 0 radical (unpaired) electrons. The first-order chi connectivity index (χ1) is 11.2. The van der Waals surface area contributed by atoms with Gasteiger partial charge in [0.15, 0.2) is 0 Å². The molecule has 0 bridgehead atoms. The number of rotatable bonds is 6. The van der Waals surface area contributed by atoms with Gasteiger partial charge in [-0.2, -0.15) is 5.26 Å². The molecule has 2 rings (SSSR count). The third kappa shape index (κ3) is 7.13. The van der Waals surface area contributed by atoms with E-state index in [2.05, 4.69) is 16.7 Å². The zero-order chi connectivity index (χ0) is 16.9.